The Balaban J connectivity index is 1.50. The van der Waals surface area contributed by atoms with Crippen molar-refractivity contribution in [2.24, 2.45) is 15.2 Å². The number of hydrazone groups is 2. The normalized spacial score (nSPS) is 15.1. The maximum absolute atomic E-state index is 13.2. The summed E-state index contributed by atoms with van der Waals surface area (Å²) in [6, 6.07) is 24.6. The van der Waals surface area contributed by atoms with Gasteiger partial charge in [-0.05, 0) is 47.5 Å². The fourth-order valence-corrected chi connectivity index (χ4v) is 3.83. The van der Waals surface area contributed by atoms with E-state index in [-0.39, 0.29) is 18.6 Å². The lowest BCUT2D eigenvalue weighted by Gasteiger charge is -2.22. The van der Waals surface area contributed by atoms with Crippen LogP contribution in [0.5, 0.6) is 11.5 Å². The highest BCUT2D eigenvalue weighted by Gasteiger charge is 2.33. The van der Waals surface area contributed by atoms with Crippen molar-refractivity contribution in [3.63, 3.8) is 0 Å². The molecule has 1 aliphatic rings. The van der Waals surface area contributed by atoms with E-state index in [0.717, 1.165) is 28.3 Å². The van der Waals surface area contributed by atoms with Gasteiger partial charge in [0.15, 0.2) is 6.61 Å². The van der Waals surface area contributed by atoms with E-state index in [0.29, 0.717) is 12.2 Å². The molecule has 4 rings (SSSR count). The molecule has 0 bridgehead atoms. The van der Waals surface area contributed by atoms with Crippen molar-refractivity contribution >= 4 is 30.4 Å². The number of anilines is 1. The lowest BCUT2D eigenvalue weighted by molar-refractivity contribution is -0.135. The fourth-order valence-electron chi connectivity index (χ4n) is 3.83. The smallest absolute Gasteiger partial charge is 0.281 e. The zero-order valence-corrected chi connectivity index (χ0v) is 19.7. The number of amides is 1. The van der Waals surface area contributed by atoms with Crippen LogP contribution in [0.2, 0.25) is 0 Å². The molecule has 178 valence electrons. The molecule has 1 atom stereocenters. The molecular formula is C27H27N5O3. The highest BCUT2D eigenvalue weighted by Crippen LogP contribution is 2.33. The summed E-state index contributed by atoms with van der Waals surface area (Å²) in [6.07, 6.45) is 2.17. The van der Waals surface area contributed by atoms with E-state index in [9.17, 15) is 4.79 Å². The first-order valence-corrected chi connectivity index (χ1v) is 11.1. The molecule has 1 heterocycles. The summed E-state index contributed by atoms with van der Waals surface area (Å²) in [5, 5.41) is 11.6. The zero-order chi connectivity index (χ0) is 24.6. The molecule has 8 nitrogen and oxygen atoms in total. The molecule has 1 amide bonds. The molecule has 3 aromatic rings. The van der Waals surface area contributed by atoms with Gasteiger partial charge in [0.25, 0.3) is 5.91 Å². The van der Waals surface area contributed by atoms with Crippen LogP contribution in [0.15, 0.2) is 94.1 Å². The van der Waals surface area contributed by atoms with Crippen LogP contribution in [0.4, 0.5) is 5.69 Å². The van der Waals surface area contributed by atoms with E-state index in [1.807, 2.05) is 66.7 Å². The minimum Gasteiger partial charge on any atom is -0.497 e. The number of methoxy groups -OCH3 is 1. The number of aliphatic imine (C=N–C) groups is 1. The number of hydrogen-bond donors (Lipinski definition) is 0. The molecule has 0 spiro atoms. The zero-order valence-electron chi connectivity index (χ0n) is 19.7. The molecule has 0 unspecified atom stereocenters. The second-order valence-corrected chi connectivity index (χ2v) is 7.79. The van der Waals surface area contributed by atoms with Gasteiger partial charge in [0.05, 0.1) is 24.6 Å². The number of rotatable bonds is 9. The summed E-state index contributed by atoms with van der Waals surface area (Å²) in [6.45, 7) is 3.39. The van der Waals surface area contributed by atoms with Crippen LogP contribution in [0.1, 0.15) is 23.6 Å². The average Bonchev–Trinajstić information content (AvgIpc) is 3.37. The third-order valence-electron chi connectivity index (χ3n) is 5.61. The van der Waals surface area contributed by atoms with Crippen molar-refractivity contribution < 1.29 is 14.3 Å². The molecule has 0 fully saturated rings. The van der Waals surface area contributed by atoms with Gasteiger partial charge in [-0.3, -0.25) is 9.79 Å². The summed E-state index contributed by atoms with van der Waals surface area (Å²) in [5.74, 6) is 1.09. The summed E-state index contributed by atoms with van der Waals surface area (Å²) < 4.78 is 11.1. The van der Waals surface area contributed by atoms with Crippen LogP contribution >= 0.6 is 0 Å². The fraction of sp³-hybridized carbons (Fsp3) is 0.185. The topological polar surface area (TPSA) is 79.1 Å². The Morgan fingerprint density at radius 2 is 1.77 bits per heavy atom. The molecule has 35 heavy (non-hydrogen) atoms. The van der Waals surface area contributed by atoms with Crippen LogP contribution in [0.3, 0.4) is 0 Å². The van der Waals surface area contributed by atoms with Gasteiger partial charge in [-0.1, -0.05) is 42.5 Å². The van der Waals surface area contributed by atoms with Gasteiger partial charge in [0.2, 0.25) is 0 Å². The maximum Gasteiger partial charge on any atom is 0.281 e. The third-order valence-corrected chi connectivity index (χ3v) is 5.61. The van der Waals surface area contributed by atoms with Gasteiger partial charge in [0.1, 0.15) is 17.8 Å². The minimum absolute atomic E-state index is 0.141. The molecule has 0 aliphatic carbocycles. The van der Waals surface area contributed by atoms with Crippen LogP contribution < -0.4 is 14.5 Å². The second kappa shape index (κ2) is 11.1. The predicted octanol–water partition coefficient (Wildman–Crippen LogP) is 4.53. The summed E-state index contributed by atoms with van der Waals surface area (Å²) >= 11 is 0. The second-order valence-electron chi connectivity index (χ2n) is 7.79. The standard InChI is InChI=1S/C27H27N5O3/c1-28-19-31(29-2)22-11-15-24(16-12-22)35-18-27(33)32-26(21-9-13-23(34-3)14-10-21)17-25(30-32)20-7-5-4-6-8-20/h4-16,19,26H,2,17-18H2,1,3H3/b28-19-/t26-/m0/s1. The van der Waals surface area contributed by atoms with Gasteiger partial charge in [-0.15, -0.1) is 0 Å². The van der Waals surface area contributed by atoms with Crippen molar-refractivity contribution in [1.29, 1.82) is 0 Å². The van der Waals surface area contributed by atoms with Crippen LogP contribution in [0.25, 0.3) is 0 Å². The monoisotopic (exact) mass is 469 g/mol. The molecule has 0 saturated carbocycles. The Labute approximate surface area is 204 Å². The third kappa shape index (κ3) is 5.55. The molecule has 0 radical (unpaired) electrons. The van der Waals surface area contributed by atoms with E-state index in [4.69, 9.17) is 9.47 Å². The number of nitrogens with zero attached hydrogens (tertiary/aromatic N) is 5. The Morgan fingerprint density at radius 1 is 1.09 bits per heavy atom. The summed E-state index contributed by atoms with van der Waals surface area (Å²) in [4.78, 5) is 17.2. The van der Waals surface area contributed by atoms with Gasteiger partial charge in [-0.2, -0.15) is 10.2 Å². The van der Waals surface area contributed by atoms with Crippen molar-refractivity contribution in [3.05, 3.63) is 90.0 Å². The first-order chi connectivity index (χ1) is 17.1. The molecular weight excluding hydrogens is 442 g/mol. The Bertz CT molecular complexity index is 1210. The maximum atomic E-state index is 13.2. The first-order valence-electron chi connectivity index (χ1n) is 11.1. The van der Waals surface area contributed by atoms with E-state index in [2.05, 4.69) is 21.9 Å². The Kier molecular flexibility index (Phi) is 7.52. The lowest BCUT2D eigenvalue weighted by atomic mass is 9.98. The number of carbonyl (C=O) groups is 1. The highest BCUT2D eigenvalue weighted by molar-refractivity contribution is 6.03. The molecule has 0 N–H and O–H groups in total. The molecule has 1 aliphatic heterocycles. The SMILES string of the molecule is C=NN(/C=N\C)c1ccc(OCC(=O)N2N=C(c3ccccc3)C[C@H]2c2ccc(OC)cc2)cc1. The molecule has 0 saturated heterocycles. The summed E-state index contributed by atoms with van der Waals surface area (Å²) in [5.41, 5.74) is 3.61. The van der Waals surface area contributed by atoms with E-state index in [1.54, 1.807) is 37.6 Å². The Morgan fingerprint density at radius 3 is 2.40 bits per heavy atom. The minimum atomic E-state index is -0.228. The Hall–Kier alpha value is -4.46. The lowest BCUT2D eigenvalue weighted by Crippen LogP contribution is -2.31. The van der Waals surface area contributed by atoms with Crippen molar-refractivity contribution in [2.45, 2.75) is 12.5 Å². The van der Waals surface area contributed by atoms with Gasteiger partial charge < -0.3 is 9.47 Å². The van der Waals surface area contributed by atoms with E-state index in [1.165, 1.54) is 5.01 Å². The molecule has 0 aromatic heterocycles. The first kappa shape index (κ1) is 23.7. The largest absolute Gasteiger partial charge is 0.497 e. The van der Waals surface area contributed by atoms with Crippen molar-refractivity contribution in [3.8, 4) is 11.5 Å². The van der Waals surface area contributed by atoms with Crippen LogP contribution in [0, 0.1) is 0 Å². The number of hydrogen-bond acceptors (Lipinski definition) is 6. The molecule has 3 aromatic carbocycles. The molecule has 8 heteroatoms. The number of benzene rings is 3. The number of ether oxygens (including phenoxy) is 2. The summed E-state index contributed by atoms with van der Waals surface area (Å²) in [7, 11) is 3.29. The van der Waals surface area contributed by atoms with Gasteiger partial charge >= 0.3 is 0 Å². The van der Waals surface area contributed by atoms with Gasteiger partial charge in [-0.25, -0.2) is 10.0 Å². The van der Waals surface area contributed by atoms with Gasteiger partial charge in [0, 0.05) is 20.2 Å². The van der Waals surface area contributed by atoms with E-state index >= 15 is 0 Å². The average molecular weight is 470 g/mol. The van der Waals surface area contributed by atoms with Crippen molar-refractivity contribution in [2.75, 3.05) is 25.8 Å². The van der Waals surface area contributed by atoms with Crippen LogP contribution in [-0.4, -0.2) is 50.4 Å². The van der Waals surface area contributed by atoms with E-state index < -0.39 is 0 Å². The van der Waals surface area contributed by atoms with Crippen LogP contribution in [-0.2, 0) is 4.79 Å². The number of carbonyl (C=O) groups excluding carboxylic acids is 1. The predicted molar refractivity (Wildman–Crippen MR) is 139 cm³/mol. The quantitative estimate of drug-likeness (QED) is 0.262. The highest BCUT2D eigenvalue weighted by atomic mass is 16.5. The van der Waals surface area contributed by atoms with Crippen molar-refractivity contribution in [1.82, 2.24) is 5.01 Å².